The van der Waals surface area contributed by atoms with Crippen LogP contribution in [0, 0.1) is 5.41 Å². The lowest BCUT2D eigenvalue weighted by molar-refractivity contribution is -0.0735. The number of hydrogen-bond donors (Lipinski definition) is 1. The van der Waals surface area contributed by atoms with E-state index in [0.29, 0.717) is 21.8 Å². The van der Waals surface area contributed by atoms with Gasteiger partial charge in [-0.3, -0.25) is 0 Å². The van der Waals surface area contributed by atoms with Crippen molar-refractivity contribution < 1.29 is 4.74 Å². The fourth-order valence-corrected chi connectivity index (χ4v) is 4.61. The average molecular weight is 379 g/mol. The molecule has 0 heterocycles. The standard InChI is InChI=1S/C15H18BrCl2NO/c1-19-13-8-14(15(13)4-2-3-5-15)20-12-7-10(17)9(16)6-11(12)18/h6-7,13-14,19H,2-5,8H2,1H3. The van der Waals surface area contributed by atoms with E-state index >= 15 is 0 Å². The Morgan fingerprint density at radius 1 is 1.25 bits per heavy atom. The van der Waals surface area contributed by atoms with Crippen LogP contribution in [0.2, 0.25) is 10.0 Å². The van der Waals surface area contributed by atoms with E-state index in [0.717, 1.165) is 10.9 Å². The molecule has 2 atom stereocenters. The average Bonchev–Trinajstić information content (AvgIpc) is 2.92. The van der Waals surface area contributed by atoms with Crippen molar-refractivity contribution in [2.75, 3.05) is 7.05 Å². The number of benzene rings is 1. The van der Waals surface area contributed by atoms with Crippen molar-refractivity contribution in [3.05, 3.63) is 26.7 Å². The summed E-state index contributed by atoms with van der Waals surface area (Å²) >= 11 is 15.8. The number of rotatable bonds is 3. The van der Waals surface area contributed by atoms with Crippen LogP contribution >= 0.6 is 39.1 Å². The second-order valence-electron chi connectivity index (χ2n) is 5.82. The Hall–Kier alpha value is 0.0400. The maximum atomic E-state index is 6.26. The van der Waals surface area contributed by atoms with E-state index in [9.17, 15) is 0 Å². The van der Waals surface area contributed by atoms with E-state index in [1.165, 1.54) is 25.7 Å². The van der Waals surface area contributed by atoms with Gasteiger partial charge in [0.2, 0.25) is 0 Å². The molecular formula is C15H18BrCl2NO. The minimum absolute atomic E-state index is 0.247. The molecule has 2 aliphatic rings. The van der Waals surface area contributed by atoms with E-state index in [4.69, 9.17) is 27.9 Å². The van der Waals surface area contributed by atoms with Gasteiger partial charge in [-0.2, -0.15) is 0 Å². The van der Waals surface area contributed by atoms with Crippen molar-refractivity contribution in [3.63, 3.8) is 0 Å². The summed E-state index contributed by atoms with van der Waals surface area (Å²) < 4.78 is 7.01. The summed E-state index contributed by atoms with van der Waals surface area (Å²) in [6, 6.07) is 4.18. The van der Waals surface area contributed by atoms with E-state index in [1.807, 2.05) is 13.1 Å². The second-order valence-corrected chi connectivity index (χ2v) is 7.49. The van der Waals surface area contributed by atoms with Crippen molar-refractivity contribution in [2.24, 2.45) is 5.41 Å². The van der Waals surface area contributed by atoms with Crippen LogP contribution in [-0.2, 0) is 0 Å². The topological polar surface area (TPSA) is 21.3 Å². The fourth-order valence-electron chi connectivity index (χ4n) is 3.77. The Labute approximate surface area is 138 Å². The lowest BCUT2D eigenvalue weighted by Gasteiger charge is -2.53. The minimum Gasteiger partial charge on any atom is -0.488 e. The van der Waals surface area contributed by atoms with Gasteiger partial charge in [-0.25, -0.2) is 0 Å². The first-order chi connectivity index (χ1) is 9.56. The molecule has 2 nitrogen and oxygen atoms in total. The van der Waals surface area contributed by atoms with E-state index in [1.54, 1.807) is 6.07 Å². The maximum Gasteiger partial charge on any atom is 0.139 e. The van der Waals surface area contributed by atoms with Crippen molar-refractivity contribution >= 4 is 39.1 Å². The Kier molecular flexibility index (Phi) is 4.24. The molecule has 2 aliphatic carbocycles. The zero-order valence-electron chi connectivity index (χ0n) is 11.4. The summed E-state index contributed by atoms with van der Waals surface area (Å²) in [5.74, 6) is 0.700. The monoisotopic (exact) mass is 377 g/mol. The number of hydrogen-bond acceptors (Lipinski definition) is 2. The third kappa shape index (κ3) is 2.37. The van der Waals surface area contributed by atoms with Gasteiger partial charge in [0.15, 0.2) is 0 Å². The quantitative estimate of drug-likeness (QED) is 0.742. The van der Waals surface area contributed by atoms with Gasteiger partial charge >= 0.3 is 0 Å². The fraction of sp³-hybridized carbons (Fsp3) is 0.600. The predicted molar refractivity (Wildman–Crippen MR) is 86.9 cm³/mol. The molecular weight excluding hydrogens is 361 g/mol. The third-order valence-electron chi connectivity index (χ3n) is 4.91. The van der Waals surface area contributed by atoms with Crippen LogP contribution in [0.5, 0.6) is 5.75 Å². The minimum atomic E-state index is 0.247. The van der Waals surface area contributed by atoms with E-state index in [-0.39, 0.29) is 11.5 Å². The molecule has 0 bridgehead atoms. The van der Waals surface area contributed by atoms with Gasteiger partial charge in [-0.05, 0) is 41.9 Å². The third-order valence-corrected chi connectivity index (χ3v) is 6.40. The highest BCUT2D eigenvalue weighted by atomic mass is 79.9. The molecule has 3 rings (SSSR count). The predicted octanol–water partition coefficient (Wildman–Crippen LogP) is 5.06. The molecule has 2 unspecified atom stereocenters. The number of halogens is 3. The molecule has 110 valence electrons. The molecule has 0 radical (unpaired) electrons. The van der Waals surface area contributed by atoms with Crippen LogP contribution in [0.4, 0.5) is 0 Å². The van der Waals surface area contributed by atoms with Crippen LogP contribution in [0.1, 0.15) is 32.1 Å². The summed E-state index contributed by atoms with van der Waals surface area (Å²) in [7, 11) is 2.05. The largest absolute Gasteiger partial charge is 0.488 e. The SMILES string of the molecule is CNC1CC(Oc2cc(Cl)c(Br)cc2Cl)C12CCCC2. The van der Waals surface area contributed by atoms with Gasteiger partial charge < -0.3 is 10.1 Å². The van der Waals surface area contributed by atoms with Gasteiger partial charge in [-0.1, -0.05) is 36.0 Å². The summed E-state index contributed by atoms with van der Waals surface area (Å²) in [5, 5.41) is 4.69. The lowest BCUT2D eigenvalue weighted by Crippen LogP contribution is -2.63. The summed E-state index contributed by atoms with van der Waals surface area (Å²) in [4.78, 5) is 0. The van der Waals surface area contributed by atoms with Gasteiger partial charge in [0, 0.05) is 28.4 Å². The number of nitrogens with one attached hydrogen (secondary N) is 1. The van der Waals surface area contributed by atoms with Crippen LogP contribution in [-0.4, -0.2) is 19.2 Å². The summed E-state index contributed by atoms with van der Waals surface area (Å²) in [6.45, 7) is 0. The van der Waals surface area contributed by atoms with Crippen molar-refractivity contribution in [1.82, 2.24) is 5.32 Å². The van der Waals surface area contributed by atoms with Crippen LogP contribution < -0.4 is 10.1 Å². The highest BCUT2D eigenvalue weighted by molar-refractivity contribution is 9.10. The molecule has 5 heteroatoms. The van der Waals surface area contributed by atoms with Gasteiger partial charge in [0.25, 0.3) is 0 Å². The van der Waals surface area contributed by atoms with Crippen LogP contribution in [0.25, 0.3) is 0 Å². The summed E-state index contributed by atoms with van der Waals surface area (Å²) in [6.07, 6.45) is 6.37. The Bertz CT molecular complexity index is 517. The smallest absolute Gasteiger partial charge is 0.139 e. The zero-order chi connectivity index (χ0) is 14.3. The number of ether oxygens (including phenoxy) is 1. The Balaban J connectivity index is 1.80. The summed E-state index contributed by atoms with van der Waals surface area (Å²) in [5.41, 5.74) is 0.289. The molecule has 0 saturated heterocycles. The van der Waals surface area contributed by atoms with Gasteiger partial charge in [0.1, 0.15) is 11.9 Å². The Morgan fingerprint density at radius 2 is 1.95 bits per heavy atom. The first kappa shape index (κ1) is 15.0. The van der Waals surface area contributed by atoms with Crippen molar-refractivity contribution in [1.29, 1.82) is 0 Å². The molecule has 0 amide bonds. The molecule has 2 fully saturated rings. The van der Waals surface area contributed by atoms with Gasteiger partial charge in [0.05, 0.1) is 10.0 Å². The second kappa shape index (κ2) is 5.68. The normalized spacial score (nSPS) is 27.6. The zero-order valence-corrected chi connectivity index (χ0v) is 14.5. The van der Waals surface area contributed by atoms with Crippen molar-refractivity contribution in [2.45, 2.75) is 44.2 Å². The Morgan fingerprint density at radius 3 is 2.60 bits per heavy atom. The molecule has 1 spiro atoms. The van der Waals surface area contributed by atoms with Crippen LogP contribution in [0.15, 0.2) is 16.6 Å². The first-order valence-electron chi connectivity index (χ1n) is 7.05. The lowest BCUT2D eigenvalue weighted by atomic mass is 9.60. The van der Waals surface area contributed by atoms with Crippen LogP contribution in [0.3, 0.4) is 0 Å². The molecule has 0 aromatic heterocycles. The molecule has 1 N–H and O–H groups in total. The van der Waals surface area contributed by atoms with Gasteiger partial charge in [-0.15, -0.1) is 0 Å². The van der Waals surface area contributed by atoms with E-state index < -0.39 is 0 Å². The highest BCUT2D eigenvalue weighted by Gasteiger charge is 2.57. The molecule has 1 aromatic carbocycles. The molecule has 20 heavy (non-hydrogen) atoms. The molecule has 1 aromatic rings. The maximum absolute atomic E-state index is 6.26. The van der Waals surface area contributed by atoms with E-state index in [2.05, 4.69) is 21.2 Å². The highest BCUT2D eigenvalue weighted by Crippen LogP contribution is 2.55. The first-order valence-corrected chi connectivity index (χ1v) is 8.60. The molecule has 2 saturated carbocycles. The molecule has 0 aliphatic heterocycles. The van der Waals surface area contributed by atoms with Crippen molar-refractivity contribution in [3.8, 4) is 5.75 Å².